The molecule has 0 spiro atoms. The summed E-state index contributed by atoms with van der Waals surface area (Å²) < 4.78 is 0. The van der Waals surface area contributed by atoms with E-state index >= 15 is 0 Å². The van der Waals surface area contributed by atoms with Gasteiger partial charge in [0, 0.05) is 19.5 Å². The van der Waals surface area contributed by atoms with Crippen molar-refractivity contribution in [2.45, 2.75) is 32.3 Å². The van der Waals surface area contributed by atoms with Crippen LogP contribution in [0.4, 0.5) is 0 Å². The van der Waals surface area contributed by atoms with Gasteiger partial charge in [0.2, 0.25) is 0 Å². The molecular weight excluding hydrogens is 224 g/mol. The fraction of sp³-hybridized carbons (Fsp3) is 0.533. The van der Waals surface area contributed by atoms with Gasteiger partial charge in [0.1, 0.15) is 0 Å². The minimum atomic E-state index is -0.353. The summed E-state index contributed by atoms with van der Waals surface area (Å²) in [6, 6.07) is 12.3. The molecule has 2 atom stereocenters. The molecule has 98 valence electrons. The van der Waals surface area contributed by atoms with Crippen LogP contribution in [-0.4, -0.2) is 24.3 Å². The Kier molecular flexibility index (Phi) is 7.09. The minimum Gasteiger partial charge on any atom is -0.392 e. The Hall–Kier alpha value is -1.37. The summed E-state index contributed by atoms with van der Waals surface area (Å²) in [5, 5.41) is 21.7. The lowest BCUT2D eigenvalue weighted by atomic mass is 9.91. The Labute approximate surface area is 109 Å². The van der Waals surface area contributed by atoms with Crippen LogP contribution in [0.2, 0.25) is 0 Å². The van der Waals surface area contributed by atoms with Crippen LogP contribution in [0.3, 0.4) is 0 Å². The summed E-state index contributed by atoms with van der Waals surface area (Å²) in [6.07, 6.45) is 1.99. The first-order chi connectivity index (χ1) is 8.77. The predicted molar refractivity (Wildman–Crippen MR) is 73.0 cm³/mol. The fourth-order valence-electron chi connectivity index (χ4n) is 2.03. The van der Waals surface area contributed by atoms with Gasteiger partial charge in [-0.25, -0.2) is 0 Å². The fourth-order valence-corrected chi connectivity index (χ4v) is 2.03. The Bertz CT molecular complexity index is 359. The first-order valence-electron chi connectivity index (χ1n) is 6.57. The molecule has 0 heterocycles. The Balaban J connectivity index is 2.38. The van der Waals surface area contributed by atoms with Crippen molar-refractivity contribution in [2.24, 2.45) is 5.92 Å². The minimum absolute atomic E-state index is 0.266. The monoisotopic (exact) mass is 246 g/mol. The number of aliphatic hydroxyl groups is 1. The molecule has 0 fully saturated rings. The smallest absolute Gasteiger partial charge is 0.0695 e. The average molecular weight is 246 g/mol. The summed E-state index contributed by atoms with van der Waals surface area (Å²) in [4.78, 5) is 0. The summed E-state index contributed by atoms with van der Waals surface area (Å²) in [7, 11) is 0. The predicted octanol–water partition coefficient (Wildman–Crippen LogP) is 2.12. The van der Waals surface area contributed by atoms with Gasteiger partial charge in [0.25, 0.3) is 0 Å². The lowest BCUT2D eigenvalue weighted by Gasteiger charge is -2.22. The van der Waals surface area contributed by atoms with Crippen LogP contribution in [0.1, 0.15) is 25.3 Å². The van der Waals surface area contributed by atoms with Crippen molar-refractivity contribution in [3.05, 3.63) is 35.9 Å². The summed E-state index contributed by atoms with van der Waals surface area (Å²) >= 11 is 0. The number of hydrogen-bond donors (Lipinski definition) is 2. The molecule has 0 aliphatic carbocycles. The molecule has 0 radical (unpaired) electrons. The molecule has 3 heteroatoms. The highest BCUT2D eigenvalue weighted by molar-refractivity contribution is 5.15. The number of nitrogens with zero attached hydrogens (tertiary/aromatic N) is 1. The standard InChI is InChI=1S/C15H22N2O/c1-2-14(11-13-7-4-3-5-8-13)15(18)12-17-10-6-9-16/h3-5,7-8,14-15,17-18H,2,6,10-12H2,1H3. The van der Waals surface area contributed by atoms with Crippen LogP contribution >= 0.6 is 0 Å². The van der Waals surface area contributed by atoms with Crippen molar-refractivity contribution >= 4 is 0 Å². The molecule has 0 saturated heterocycles. The molecule has 18 heavy (non-hydrogen) atoms. The Morgan fingerprint density at radius 1 is 1.33 bits per heavy atom. The molecule has 0 amide bonds. The third-order valence-corrected chi connectivity index (χ3v) is 3.18. The molecule has 0 bridgehead atoms. The highest BCUT2D eigenvalue weighted by Crippen LogP contribution is 2.15. The molecule has 1 aromatic rings. The van der Waals surface area contributed by atoms with E-state index in [0.717, 1.165) is 12.8 Å². The van der Waals surface area contributed by atoms with Crippen LogP contribution < -0.4 is 5.32 Å². The van der Waals surface area contributed by atoms with Gasteiger partial charge in [-0.2, -0.15) is 5.26 Å². The molecule has 1 aromatic carbocycles. The summed E-state index contributed by atoms with van der Waals surface area (Å²) in [5.41, 5.74) is 1.26. The molecule has 0 aliphatic rings. The first-order valence-corrected chi connectivity index (χ1v) is 6.57. The van der Waals surface area contributed by atoms with E-state index in [-0.39, 0.29) is 12.0 Å². The lowest BCUT2D eigenvalue weighted by molar-refractivity contribution is 0.104. The van der Waals surface area contributed by atoms with Crippen molar-refractivity contribution in [3.63, 3.8) is 0 Å². The van der Waals surface area contributed by atoms with Gasteiger partial charge in [0.05, 0.1) is 12.2 Å². The van der Waals surface area contributed by atoms with Crippen LogP contribution in [0.5, 0.6) is 0 Å². The van der Waals surface area contributed by atoms with Gasteiger partial charge in [-0.05, 0) is 17.9 Å². The molecule has 0 saturated carbocycles. The maximum atomic E-state index is 10.1. The van der Waals surface area contributed by atoms with E-state index in [9.17, 15) is 5.11 Å². The zero-order valence-corrected chi connectivity index (χ0v) is 11.0. The Morgan fingerprint density at radius 2 is 2.06 bits per heavy atom. The highest BCUT2D eigenvalue weighted by atomic mass is 16.3. The van der Waals surface area contributed by atoms with Gasteiger partial charge in [-0.15, -0.1) is 0 Å². The summed E-state index contributed by atoms with van der Waals surface area (Å²) in [6.45, 7) is 3.31. The second kappa shape index (κ2) is 8.68. The quantitative estimate of drug-likeness (QED) is 0.691. The zero-order valence-electron chi connectivity index (χ0n) is 11.0. The number of aliphatic hydroxyl groups excluding tert-OH is 1. The third-order valence-electron chi connectivity index (χ3n) is 3.18. The molecule has 0 aliphatic heterocycles. The molecule has 0 aromatic heterocycles. The van der Waals surface area contributed by atoms with Gasteiger partial charge in [0.15, 0.2) is 0 Å². The average Bonchev–Trinajstić information content (AvgIpc) is 2.42. The molecule has 3 nitrogen and oxygen atoms in total. The molecule has 2 N–H and O–H groups in total. The van der Waals surface area contributed by atoms with E-state index in [1.807, 2.05) is 18.2 Å². The first kappa shape index (κ1) is 14.7. The van der Waals surface area contributed by atoms with E-state index in [4.69, 9.17) is 5.26 Å². The zero-order chi connectivity index (χ0) is 13.2. The van der Waals surface area contributed by atoms with Gasteiger partial charge in [-0.3, -0.25) is 0 Å². The third kappa shape index (κ3) is 5.31. The van der Waals surface area contributed by atoms with E-state index in [1.165, 1.54) is 5.56 Å². The van der Waals surface area contributed by atoms with E-state index in [2.05, 4.69) is 30.4 Å². The van der Waals surface area contributed by atoms with Crippen LogP contribution in [0.15, 0.2) is 30.3 Å². The second-order valence-electron chi connectivity index (χ2n) is 4.54. The van der Waals surface area contributed by atoms with Gasteiger partial charge in [-0.1, -0.05) is 43.7 Å². The van der Waals surface area contributed by atoms with Crippen LogP contribution in [0, 0.1) is 17.2 Å². The lowest BCUT2D eigenvalue weighted by Crippen LogP contribution is -2.34. The topological polar surface area (TPSA) is 56.0 Å². The number of nitrogens with one attached hydrogen (secondary N) is 1. The van der Waals surface area contributed by atoms with Crippen LogP contribution in [-0.2, 0) is 6.42 Å². The van der Waals surface area contributed by atoms with E-state index in [0.29, 0.717) is 19.5 Å². The second-order valence-corrected chi connectivity index (χ2v) is 4.54. The number of hydrogen-bond acceptors (Lipinski definition) is 3. The Morgan fingerprint density at radius 3 is 2.67 bits per heavy atom. The normalized spacial score (nSPS) is 13.8. The van der Waals surface area contributed by atoms with Crippen molar-refractivity contribution in [3.8, 4) is 6.07 Å². The number of rotatable bonds is 8. The highest BCUT2D eigenvalue weighted by Gasteiger charge is 2.17. The molecule has 2 unspecified atom stereocenters. The van der Waals surface area contributed by atoms with Crippen molar-refractivity contribution in [1.82, 2.24) is 5.32 Å². The molecule has 1 rings (SSSR count). The van der Waals surface area contributed by atoms with Gasteiger partial charge < -0.3 is 10.4 Å². The van der Waals surface area contributed by atoms with E-state index < -0.39 is 0 Å². The maximum Gasteiger partial charge on any atom is 0.0695 e. The van der Waals surface area contributed by atoms with Crippen molar-refractivity contribution in [2.75, 3.05) is 13.1 Å². The number of nitriles is 1. The van der Waals surface area contributed by atoms with Crippen molar-refractivity contribution < 1.29 is 5.11 Å². The largest absolute Gasteiger partial charge is 0.392 e. The van der Waals surface area contributed by atoms with Crippen LogP contribution in [0.25, 0.3) is 0 Å². The van der Waals surface area contributed by atoms with Gasteiger partial charge >= 0.3 is 0 Å². The maximum absolute atomic E-state index is 10.1. The van der Waals surface area contributed by atoms with Crippen molar-refractivity contribution in [1.29, 1.82) is 5.26 Å². The SMILES string of the molecule is CCC(Cc1ccccc1)C(O)CNCCC#N. The molecular formula is C15H22N2O. The summed E-state index contributed by atoms with van der Waals surface area (Å²) in [5.74, 6) is 0.266. The number of benzene rings is 1. The van der Waals surface area contributed by atoms with E-state index in [1.54, 1.807) is 0 Å².